The summed E-state index contributed by atoms with van der Waals surface area (Å²) < 4.78 is 1.72. The Kier molecular flexibility index (Phi) is 7.78. The van der Waals surface area contributed by atoms with Crippen molar-refractivity contribution in [3.63, 3.8) is 0 Å². The molecule has 1 unspecified atom stereocenters. The quantitative estimate of drug-likeness (QED) is 0.390. The van der Waals surface area contributed by atoms with E-state index in [1.165, 1.54) is 0 Å². The van der Waals surface area contributed by atoms with Gasteiger partial charge in [-0.25, -0.2) is 0 Å². The Hall–Kier alpha value is -2.89. The molecule has 9 heteroatoms. The van der Waals surface area contributed by atoms with Crippen molar-refractivity contribution in [3.8, 4) is 0 Å². The number of carbonyl (C=O) groups is 2. The van der Waals surface area contributed by atoms with Crippen molar-refractivity contribution in [1.82, 2.24) is 15.3 Å². The molecule has 0 aliphatic carbocycles. The SMILES string of the molecule is CCCNC(=O)c1ccccc1[AsH]c1nc(Nc2ccc3c(c2)C(C)(C)CCC(=O)N3)ncc1Cl. The van der Waals surface area contributed by atoms with Gasteiger partial charge in [0.1, 0.15) is 0 Å². The van der Waals surface area contributed by atoms with Gasteiger partial charge in [-0.1, -0.05) is 0 Å². The van der Waals surface area contributed by atoms with Gasteiger partial charge in [0.2, 0.25) is 0 Å². The van der Waals surface area contributed by atoms with Crippen molar-refractivity contribution in [3.05, 3.63) is 64.8 Å². The van der Waals surface area contributed by atoms with Gasteiger partial charge in [0, 0.05) is 0 Å². The normalized spacial score (nSPS) is 14.8. The van der Waals surface area contributed by atoms with Crippen LogP contribution in [-0.2, 0) is 10.2 Å². The van der Waals surface area contributed by atoms with Crippen LogP contribution in [0.4, 0.5) is 17.3 Å². The van der Waals surface area contributed by atoms with Crippen LogP contribution in [0.5, 0.6) is 0 Å². The van der Waals surface area contributed by atoms with Crippen LogP contribution in [0, 0.1) is 0 Å². The van der Waals surface area contributed by atoms with E-state index in [1.807, 2.05) is 49.4 Å². The number of hydrogen-bond acceptors (Lipinski definition) is 5. The summed E-state index contributed by atoms with van der Waals surface area (Å²) in [5.74, 6) is 0.405. The summed E-state index contributed by atoms with van der Waals surface area (Å²) in [5, 5.41) is 9.73. The van der Waals surface area contributed by atoms with Gasteiger partial charge in [-0.05, 0) is 0 Å². The first kappa shape index (κ1) is 25.2. The molecule has 0 fully saturated rings. The molecule has 2 amide bonds. The minimum atomic E-state index is -0.988. The average molecular weight is 554 g/mol. The number of fused-ring (bicyclic) bond motifs is 1. The number of anilines is 3. The zero-order valence-corrected chi connectivity index (χ0v) is 22.9. The Morgan fingerprint density at radius 3 is 2.83 bits per heavy atom. The first-order valence-corrected chi connectivity index (χ1v) is 14.1. The van der Waals surface area contributed by atoms with E-state index in [0.29, 0.717) is 29.5 Å². The van der Waals surface area contributed by atoms with Gasteiger partial charge < -0.3 is 0 Å². The Labute approximate surface area is 217 Å². The molecule has 2 heterocycles. The van der Waals surface area contributed by atoms with Crippen LogP contribution in [0.25, 0.3) is 0 Å². The maximum absolute atomic E-state index is 12.6. The van der Waals surface area contributed by atoms with E-state index in [4.69, 9.17) is 16.6 Å². The van der Waals surface area contributed by atoms with Crippen molar-refractivity contribution < 1.29 is 9.59 Å². The van der Waals surface area contributed by atoms with Gasteiger partial charge in [-0.3, -0.25) is 0 Å². The molecule has 182 valence electrons. The average Bonchev–Trinajstić information content (AvgIpc) is 2.95. The Bertz CT molecular complexity index is 1260. The van der Waals surface area contributed by atoms with Gasteiger partial charge >= 0.3 is 218 Å². The summed E-state index contributed by atoms with van der Waals surface area (Å²) in [7, 11) is 0. The third-order valence-electron chi connectivity index (χ3n) is 5.96. The molecule has 7 nitrogen and oxygen atoms in total. The first-order chi connectivity index (χ1) is 16.8. The maximum atomic E-state index is 12.6. The van der Waals surface area contributed by atoms with Gasteiger partial charge in [0.05, 0.1) is 0 Å². The molecule has 4 rings (SSSR count). The molecule has 3 N–H and O–H groups in total. The fourth-order valence-corrected chi connectivity index (χ4v) is 6.63. The number of amides is 2. The molecule has 1 aliphatic heterocycles. The van der Waals surface area contributed by atoms with Crippen molar-refractivity contribution in [2.24, 2.45) is 0 Å². The van der Waals surface area contributed by atoms with E-state index in [1.54, 1.807) is 6.20 Å². The second kappa shape index (κ2) is 10.8. The Morgan fingerprint density at radius 1 is 1.23 bits per heavy atom. The van der Waals surface area contributed by atoms with Gasteiger partial charge in [0.15, 0.2) is 0 Å². The Morgan fingerprint density at radius 2 is 2.03 bits per heavy atom. The second-order valence-electron chi connectivity index (χ2n) is 9.13. The number of hydrogen-bond donors (Lipinski definition) is 3. The van der Waals surface area contributed by atoms with E-state index >= 15 is 0 Å². The minimum absolute atomic E-state index is 0.0383. The summed E-state index contributed by atoms with van der Waals surface area (Å²) in [6.45, 7) is 6.95. The monoisotopic (exact) mass is 553 g/mol. The number of nitrogens with zero attached hydrogens (tertiary/aromatic N) is 2. The topological polar surface area (TPSA) is 96.0 Å². The molecule has 0 radical (unpaired) electrons. The van der Waals surface area contributed by atoms with Gasteiger partial charge in [0.25, 0.3) is 0 Å². The summed E-state index contributed by atoms with van der Waals surface area (Å²) in [5.41, 5.74) is 3.26. The van der Waals surface area contributed by atoms with Crippen molar-refractivity contribution in [2.75, 3.05) is 17.2 Å². The molecular formula is C26H29AsClN5O2. The van der Waals surface area contributed by atoms with E-state index in [0.717, 1.165) is 38.6 Å². The number of halogens is 1. The van der Waals surface area contributed by atoms with Crippen LogP contribution < -0.4 is 24.8 Å². The summed E-state index contributed by atoms with van der Waals surface area (Å²) in [6.07, 6.45) is 3.75. The molecule has 0 saturated heterocycles. The number of aromatic nitrogens is 2. The fourth-order valence-electron chi connectivity index (χ4n) is 3.96. The molecule has 2 aromatic carbocycles. The van der Waals surface area contributed by atoms with Crippen LogP contribution in [-0.4, -0.2) is 44.1 Å². The summed E-state index contributed by atoms with van der Waals surface area (Å²) >= 11 is 5.48. The van der Waals surface area contributed by atoms with Crippen LogP contribution in [0.3, 0.4) is 0 Å². The van der Waals surface area contributed by atoms with Gasteiger partial charge in [-0.15, -0.1) is 0 Å². The molecule has 1 atom stereocenters. The summed E-state index contributed by atoms with van der Waals surface area (Å²) in [4.78, 5) is 33.8. The van der Waals surface area contributed by atoms with Gasteiger partial charge in [-0.2, -0.15) is 0 Å². The van der Waals surface area contributed by atoms with Crippen LogP contribution in [0.15, 0.2) is 48.7 Å². The molecule has 0 saturated carbocycles. The molecular weight excluding hydrogens is 525 g/mol. The fraction of sp³-hybridized carbons (Fsp3) is 0.308. The molecule has 1 aliphatic rings. The third kappa shape index (κ3) is 6.03. The predicted octanol–water partition coefficient (Wildman–Crippen LogP) is 3.41. The number of benzene rings is 2. The zero-order chi connectivity index (χ0) is 25.0. The molecule has 0 bridgehead atoms. The molecule has 0 spiro atoms. The molecule has 3 aromatic rings. The van der Waals surface area contributed by atoms with Crippen molar-refractivity contribution >= 4 is 65.3 Å². The van der Waals surface area contributed by atoms with Crippen LogP contribution >= 0.6 is 11.6 Å². The van der Waals surface area contributed by atoms with Crippen LogP contribution in [0.1, 0.15) is 56.0 Å². The number of rotatable bonds is 7. The van der Waals surface area contributed by atoms with Crippen molar-refractivity contribution in [2.45, 2.75) is 45.4 Å². The van der Waals surface area contributed by atoms with E-state index in [9.17, 15) is 9.59 Å². The predicted molar refractivity (Wildman–Crippen MR) is 143 cm³/mol. The first-order valence-electron chi connectivity index (χ1n) is 11.6. The molecule has 35 heavy (non-hydrogen) atoms. The van der Waals surface area contributed by atoms with E-state index in [2.05, 4.69) is 34.8 Å². The molecule has 1 aromatic heterocycles. The second-order valence-corrected chi connectivity index (χ2v) is 12.2. The number of carbonyl (C=O) groups excluding carboxylic acids is 2. The number of nitrogens with one attached hydrogen (secondary N) is 3. The van der Waals surface area contributed by atoms with Crippen molar-refractivity contribution in [1.29, 1.82) is 0 Å². The Balaban J connectivity index is 1.59. The standard InChI is InChI=1S/C26H29AsClN5O2/c1-4-13-29-24(35)17-7-5-6-8-19(17)27-23-20(28)15-30-25(33-23)31-16-9-10-21-18(14-16)26(2,3)12-11-22(34)32-21/h5-10,14-15,27H,4,11-13H2,1-3H3,(H,29,35)(H,32,34)(H,30,31,33). The van der Waals surface area contributed by atoms with E-state index in [-0.39, 0.29) is 17.2 Å². The van der Waals surface area contributed by atoms with Crippen LogP contribution in [0.2, 0.25) is 5.02 Å². The van der Waals surface area contributed by atoms with E-state index < -0.39 is 15.8 Å². The third-order valence-corrected chi connectivity index (χ3v) is 9.35. The zero-order valence-electron chi connectivity index (χ0n) is 20.0. The summed E-state index contributed by atoms with van der Waals surface area (Å²) in [6, 6.07) is 13.5.